The molecule has 0 bridgehead atoms. The number of carbonyl (C=O) groups excluding carboxylic acids is 2. The number of anilines is 4. The molecule has 0 aromatic heterocycles. The van der Waals surface area contributed by atoms with Crippen molar-refractivity contribution in [1.82, 2.24) is 0 Å². The smallest absolute Gasteiger partial charge is 0.265 e. The van der Waals surface area contributed by atoms with E-state index in [0.29, 0.717) is 28.4 Å². The zero-order valence-electron chi connectivity index (χ0n) is 20.0. The van der Waals surface area contributed by atoms with Crippen molar-refractivity contribution in [2.24, 2.45) is 0 Å². The summed E-state index contributed by atoms with van der Waals surface area (Å²) in [7, 11) is 1.54. The van der Waals surface area contributed by atoms with Crippen molar-refractivity contribution in [2.45, 2.75) is 13.0 Å². The molecule has 0 aliphatic carbocycles. The number of methoxy groups -OCH3 is 1. The molecule has 0 saturated heterocycles. The molecular weight excluding hydrogens is 454 g/mol. The van der Waals surface area contributed by atoms with E-state index in [1.807, 2.05) is 60.7 Å². The summed E-state index contributed by atoms with van der Waals surface area (Å²) in [6, 6.07) is 31.1. The fraction of sp³-hybridized carbons (Fsp3) is 0.103. The van der Waals surface area contributed by atoms with Crippen LogP contribution in [0.1, 0.15) is 17.3 Å². The second-order valence-electron chi connectivity index (χ2n) is 7.97. The van der Waals surface area contributed by atoms with Crippen LogP contribution in [0, 0.1) is 0 Å². The number of hydrogen-bond acceptors (Lipinski definition) is 5. The Morgan fingerprint density at radius 2 is 1.25 bits per heavy atom. The van der Waals surface area contributed by atoms with Crippen LogP contribution in [0.15, 0.2) is 103 Å². The van der Waals surface area contributed by atoms with E-state index in [2.05, 4.69) is 16.0 Å². The van der Waals surface area contributed by atoms with Crippen LogP contribution in [0.2, 0.25) is 0 Å². The van der Waals surface area contributed by atoms with Gasteiger partial charge in [-0.15, -0.1) is 0 Å². The quantitative estimate of drug-likeness (QED) is 0.269. The average Bonchev–Trinajstić information content (AvgIpc) is 2.91. The van der Waals surface area contributed by atoms with Crippen LogP contribution in [-0.4, -0.2) is 25.0 Å². The van der Waals surface area contributed by atoms with E-state index in [9.17, 15) is 9.59 Å². The molecule has 182 valence electrons. The zero-order chi connectivity index (χ0) is 25.3. The second kappa shape index (κ2) is 11.6. The minimum absolute atomic E-state index is 0.335. The second-order valence-corrected chi connectivity index (χ2v) is 7.97. The minimum atomic E-state index is -0.818. The molecule has 0 spiro atoms. The predicted molar refractivity (Wildman–Crippen MR) is 142 cm³/mol. The van der Waals surface area contributed by atoms with Crippen molar-refractivity contribution in [3.05, 3.63) is 109 Å². The number of rotatable bonds is 9. The Morgan fingerprint density at radius 3 is 1.97 bits per heavy atom. The van der Waals surface area contributed by atoms with E-state index in [0.717, 1.165) is 11.4 Å². The maximum Gasteiger partial charge on any atom is 0.265 e. The fourth-order valence-electron chi connectivity index (χ4n) is 3.51. The van der Waals surface area contributed by atoms with E-state index in [4.69, 9.17) is 9.47 Å². The Labute approximate surface area is 210 Å². The highest BCUT2D eigenvalue weighted by atomic mass is 16.5. The normalized spacial score (nSPS) is 11.2. The Bertz CT molecular complexity index is 1320. The molecule has 1 unspecified atom stereocenters. The summed E-state index contributed by atoms with van der Waals surface area (Å²) in [6.45, 7) is 1.63. The fourth-order valence-corrected chi connectivity index (χ4v) is 3.51. The lowest BCUT2D eigenvalue weighted by atomic mass is 10.1. The monoisotopic (exact) mass is 481 g/mol. The first-order valence-corrected chi connectivity index (χ1v) is 11.5. The van der Waals surface area contributed by atoms with Gasteiger partial charge >= 0.3 is 0 Å². The standard InChI is InChI=1S/C29H27N3O4/c1-20(36-27-15-9-8-14-26(27)35-2)28(33)32-25-13-7-6-12-24(25)29(34)31-23-18-16-22(17-19-23)30-21-10-4-3-5-11-21/h3-20,30H,1-2H3,(H,31,34)(H,32,33). The Balaban J connectivity index is 1.40. The van der Waals surface area contributed by atoms with Gasteiger partial charge in [0.1, 0.15) is 0 Å². The highest BCUT2D eigenvalue weighted by Crippen LogP contribution is 2.27. The van der Waals surface area contributed by atoms with Gasteiger partial charge in [-0.2, -0.15) is 0 Å². The first kappa shape index (κ1) is 24.3. The van der Waals surface area contributed by atoms with Gasteiger partial charge in [0.25, 0.3) is 11.8 Å². The van der Waals surface area contributed by atoms with Crippen LogP contribution < -0.4 is 25.4 Å². The van der Waals surface area contributed by atoms with Crippen molar-refractivity contribution in [1.29, 1.82) is 0 Å². The third kappa shape index (κ3) is 6.21. The van der Waals surface area contributed by atoms with Crippen LogP contribution in [0.25, 0.3) is 0 Å². The van der Waals surface area contributed by atoms with Gasteiger partial charge in [0.05, 0.1) is 18.4 Å². The number of hydrogen-bond donors (Lipinski definition) is 3. The lowest BCUT2D eigenvalue weighted by Crippen LogP contribution is -2.31. The van der Waals surface area contributed by atoms with E-state index < -0.39 is 12.0 Å². The Hall–Kier alpha value is -4.78. The largest absolute Gasteiger partial charge is 0.493 e. The number of nitrogens with one attached hydrogen (secondary N) is 3. The molecule has 0 saturated carbocycles. The van der Waals surface area contributed by atoms with Gasteiger partial charge < -0.3 is 25.4 Å². The third-order valence-electron chi connectivity index (χ3n) is 5.38. The molecule has 7 heteroatoms. The van der Waals surface area contributed by atoms with Crippen molar-refractivity contribution < 1.29 is 19.1 Å². The molecular formula is C29H27N3O4. The summed E-state index contributed by atoms with van der Waals surface area (Å²) < 4.78 is 11.1. The van der Waals surface area contributed by atoms with Crippen LogP contribution in [0.5, 0.6) is 11.5 Å². The van der Waals surface area contributed by atoms with Gasteiger partial charge in [-0.25, -0.2) is 0 Å². The van der Waals surface area contributed by atoms with Gasteiger partial charge in [0, 0.05) is 17.1 Å². The van der Waals surface area contributed by atoms with E-state index in [1.165, 1.54) is 7.11 Å². The maximum absolute atomic E-state index is 13.0. The Kier molecular flexibility index (Phi) is 7.83. The molecule has 0 fully saturated rings. The summed E-state index contributed by atoms with van der Waals surface area (Å²) in [6.07, 6.45) is -0.818. The van der Waals surface area contributed by atoms with Crippen molar-refractivity contribution in [2.75, 3.05) is 23.1 Å². The van der Waals surface area contributed by atoms with Crippen molar-refractivity contribution in [3.63, 3.8) is 0 Å². The predicted octanol–water partition coefficient (Wildman–Crippen LogP) is 6.10. The van der Waals surface area contributed by atoms with Crippen molar-refractivity contribution >= 4 is 34.6 Å². The molecule has 4 rings (SSSR count). The number of para-hydroxylation sites is 4. The SMILES string of the molecule is COc1ccccc1OC(C)C(=O)Nc1ccccc1C(=O)Nc1ccc(Nc2ccccc2)cc1. The van der Waals surface area contributed by atoms with Crippen molar-refractivity contribution in [3.8, 4) is 11.5 Å². The topological polar surface area (TPSA) is 88.7 Å². The lowest BCUT2D eigenvalue weighted by Gasteiger charge is -2.18. The molecule has 4 aromatic carbocycles. The highest BCUT2D eigenvalue weighted by Gasteiger charge is 2.20. The molecule has 0 aliphatic rings. The molecule has 2 amide bonds. The molecule has 4 aromatic rings. The van der Waals surface area contributed by atoms with E-state index >= 15 is 0 Å². The van der Waals surface area contributed by atoms with Gasteiger partial charge in [0.15, 0.2) is 17.6 Å². The molecule has 1 atom stereocenters. The first-order chi connectivity index (χ1) is 17.5. The van der Waals surface area contributed by atoms with Gasteiger partial charge in [0.2, 0.25) is 0 Å². The molecule has 0 heterocycles. The number of ether oxygens (including phenoxy) is 2. The number of carbonyl (C=O) groups is 2. The molecule has 36 heavy (non-hydrogen) atoms. The first-order valence-electron chi connectivity index (χ1n) is 11.5. The van der Waals surface area contributed by atoms with Crippen LogP contribution in [0.3, 0.4) is 0 Å². The maximum atomic E-state index is 13.0. The summed E-state index contributed by atoms with van der Waals surface area (Å²) in [4.78, 5) is 25.8. The molecule has 0 radical (unpaired) electrons. The summed E-state index contributed by atoms with van der Waals surface area (Å²) in [5, 5.41) is 8.98. The van der Waals surface area contributed by atoms with Crippen LogP contribution in [0.4, 0.5) is 22.7 Å². The lowest BCUT2D eigenvalue weighted by molar-refractivity contribution is -0.122. The molecule has 0 aliphatic heterocycles. The summed E-state index contributed by atoms with van der Waals surface area (Å²) in [5.74, 6) is 0.256. The Morgan fingerprint density at radius 1 is 0.667 bits per heavy atom. The minimum Gasteiger partial charge on any atom is -0.493 e. The summed E-state index contributed by atoms with van der Waals surface area (Å²) in [5.41, 5.74) is 3.23. The zero-order valence-corrected chi connectivity index (χ0v) is 20.0. The van der Waals surface area contributed by atoms with Crippen LogP contribution in [-0.2, 0) is 4.79 Å². The average molecular weight is 482 g/mol. The highest BCUT2D eigenvalue weighted by molar-refractivity contribution is 6.10. The third-order valence-corrected chi connectivity index (χ3v) is 5.38. The van der Waals surface area contributed by atoms with Gasteiger partial charge in [-0.3, -0.25) is 9.59 Å². The number of benzene rings is 4. The van der Waals surface area contributed by atoms with Crippen LogP contribution >= 0.6 is 0 Å². The van der Waals surface area contributed by atoms with Gasteiger partial charge in [-0.05, 0) is 67.6 Å². The van der Waals surface area contributed by atoms with Gasteiger partial charge in [-0.1, -0.05) is 42.5 Å². The number of amides is 2. The van der Waals surface area contributed by atoms with E-state index in [-0.39, 0.29) is 5.91 Å². The summed E-state index contributed by atoms with van der Waals surface area (Å²) >= 11 is 0. The molecule has 3 N–H and O–H groups in total. The van der Waals surface area contributed by atoms with E-state index in [1.54, 1.807) is 49.4 Å². The molecule has 7 nitrogen and oxygen atoms in total.